The van der Waals surface area contributed by atoms with Crippen LogP contribution in [-0.4, -0.2) is 28.8 Å². The van der Waals surface area contributed by atoms with Gasteiger partial charge in [-0.1, -0.05) is 20.8 Å². The summed E-state index contributed by atoms with van der Waals surface area (Å²) in [6.07, 6.45) is 0.293. The first kappa shape index (κ1) is 14.7. The van der Waals surface area contributed by atoms with Gasteiger partial charge in [-0.2, -0.15) is 5.10 Å². The lowest BCUT2D eigenvalue weighted by atomic mass is 9.92. The number of rotatable bonds is 4. The van der Waals surface area contributed by atoms with E-state index < -0.39 is 5.60 Å². The fourth-order valence-corrected chi connectivity index (χ4v) is 1.42. The van der Waals surface area contributed by atoms with Crippen LogP contribution in [0.2, 0.25) is 0 Å². The molecular weight excluding hydrogens is 230 g/mol. The van der Waals surface area contributed by atoms with Crippen LogP contribution in [0.3, 0.4) is 0 Å². The summed E-state index contributed by atoms with van der Waals surface area (Å²) in [6, 6.07) is 1.86. The van der Waals surface area contributed by atoms with Gasteiger partial charge in [0.2, 0.25) is 5.91 Å². The predicted molar refractivity (Wildman–Crippen MR) is 71.6 cm³/mol. The standard InChI is InChI=1S/C13H23N3O2/c1-12(2,3)9-7-10(16-15-9)14-11(17)8-13(4,5)18-6/h7H,8H2,1-6H3,(H2,14,15,16,17). The van der Waals surface area contributed by atoms with Crippen LogP contribution in [-0.2, 0) is 14.9 Å². The number of carbonyl (C=O) groups excluding carboxylic acids is 1. The van der Waals surface area contributed by atoms with Crippen molar-refractivity contribution in [3.05, 3.63) is 11.8 Å². The molecule has 0 saturated carbocycles. The highest BCUT2D eigenvalue weighted by atomic mass is 16.5. The second kappa shape index (κ2) is 5.10. The second-order valence-corrected chi connectivity index (χ2v) is 6.11. The lowest BCUT2D eigenvalue weighted by molar-refractivity contribution is -0.121. The largest absolute Gasteiger partial charge is 0.378 e. The molecule has 102 valence electrons. The molecule has 1 amide bonds. The minimum absolute atomic E-state index is 0.0121. The van der Waals surface area contributed by atoms with Crippen molar-refractivity contribution >= 4 is 11.7 Å². The molecule has 0 atom stereocenters. The van der Waals surface area contributed by atoms with Crippen LogP contribution >= 0.6 is 0 Å². The number of aromatic nitrogens is 2. The van der Waals surface area contributed by atoms with E-state index in [1.165, 1.54) is 0 Å². The van der Waals surface area contributed by atoms with Crippen LogP contribution in [0.1, 0.15) is 46.7 Å². The topological polar surface area (TPSA) is 67.0 Å². The molecule has 1 rings (SSSR count). The maximum absolute atomic E-state index is 11.8. The summed E-state index contributed by atoms with van der Waals surface area (Å²) in [5, 5.41) is 9.78. The Bertz CT molecular complexity index is 416. The van der Waals surface area contributed by atoms with Crippen LogP contribution in [0.5, 0.6) is 0 Å². The molecule has 0 aliphatic carbocycles. The molecule has 0 aliphatic rings. The lowest BCUT2D eigenvalue weighted by Crippen LogP contribution is -2.29. The van der Waals surface area contributed by atoms with E-state index in [9.17, 15) is 4.79 Å². The fourth-order valence-electron chi connectivity index (χ4n) is 1.42. The number of methoxy groups -OCH3 is 1. The number of nitrogens with one attached hydrogen (secondary N) is 2. The molecule has 0 aliphatic heterocycles. The van der Waals surface area contributed by atoms with Gasteiger partial charge < -0.3 is 10.1 Å². The van der Waals surface area contributed by atoms with Gasteiger partial charge in [-0.15, -0.1) is 0 Å². The summed E-state index contributed by atoms with van der Waals surface area (Å²) in [5.41, 5.74) is 0.512. The molecule has 0 fully saturated rings. The summed E-state index contributed by atoms with van der Waals surface area (Å²) < 4.78 is 5.22. The Balaban J connectivity index is 2.64. The molecule has 0 radical (unpaired) electrons. The van der Waals surface area contributed by atoms with Crippen LogP contribution in [0, 0.1) is 0 Å². The molecule has 18 heavy (non-hydrogen) atoms. The first-order chi connectivity index (χ1) is 8.14. The maximum atomic E-state index is 11.8. The number of amides is 1. The SMILES string of the molecule is COC(C)(C)CC(=O)Nc1cc(C(C)(C)C)[nH]n1. The molecule has 2 N–H and O–H groups in total. The molecule has 0 aromatic carbocycles. The highest BCUT2D eigenvalue weighted by Crippen LogP contribution is 2.22. The predicted octanol–water partition coefficient (Wildman–Crippen LogP) is 2.46. The minimum atomic E-state index is -0.465. The van der Waals surface area contributed by atoms with Gasteiger partial charge in [0.25, 0.3) is 0 Å². The first-order valence-corrected chi connectivity index (χ1v) is 6.05. The molecule has 5 nitrogen and oxygen atoms in total. The first-order valence-electron chi connectivity index (χ1n) is 6.05. The van der Waals surface area contributed by atoms with Crippen molar-refractivity contribution < 1.29 is 9.53 Å². The van der Waals surface area contributed by atoms with Crippen molar-refractivity contribution in [3.63, 3.8) is 0 Å². The average molecular weight is 253 g/mol. The summed E-state index contributed by atoms with van der Waals surface area (Å²) in [4.78, 5) is 11.8. The van der Waals surface area contributed by atoms with Crippen LogP contribution < -0.4 is 5.32 Å². The molecule has 0 unspecified atom stereocenters. The highest BCUT2D eigenvalue weighted by Gasteiger charge is 2.22. The zero-order chi connectivity index (χ0) is 14.0. The third kappa shape index (κ3) is 4.14. The van der Waals surface area contributed by atoms with E-state index in [4.69, 9.17) is 4.74 Å². The Kier molecular flexibility index (Phi) is 4.16. The van der Waals surface area contributed by atoms with Crippen LogP contribution in [0.15, 0.2) is 6.07 Å². The summed E-state index contributed by atoms with van der Waals surface area (Å²) in [6.45, 7) is 10.00. The molecule has 1 aromatic heterocycles. The number of anilines is 1. The smallest absolute Gasteiger partial charge is 0.228 e. The fraction of sp³-hybridized carbons (Fsp3) is 0.692. The van der Waals surface area contributed by atoms with Crippen LogP contribution in [0.25, 0.3) is 0 Å². The van der Waals surface area contributed by atoms with Gasteiger partial charge in [0.05, 0.1) is 12.0 Å². The molecule has 0 saturated heterocycles. The van der Waals surface area contributed by atoms with E-state index >= 15 is 0 Å². The van der Waals surface area contributed by atoms with E-state index in [-0.39, 0.29) is 11.3 Å². The van der Waals surface area contributed by atoms with E-state index in [1.807, 2.05) is 19.9 Å². The van der Waals surface area contributed by atoms with E-state index in [2.05, 4.69) is 36.3 Å². The minimum Gasteiger partial charge on any atom is -0.378 e. The van der Waals surface area contributed by atoms with Gasteiger partial charge in [-0.05, 0) is 13.8 Å². The highest BCUT2D eigenvalue weighted by molar-refractivity contribution is 5.90. The zero-order valence-electron chi connectivity index (χ0n) is 12.0. The third-order valence-corrected chi connectivity index (χ3v) is 2.79. The van der Waals surface area contributed by atoms with Gasteiger partial charge in [0, 0.05) is 24.3 Å². The van der Waals surface area contributed by atoms with Crippen LogP contribution in [0.4, 0.5) is 5.82 Å². The Hall–Kier alpha value is -1.36. The zero-order valence-corrected chi connectivity index (χ0v) is 12.0. The second-order valence-electron chi connectivity index (χ2n) is 6.11. The summed E-state index contributed by atoms with van der Waals surface area (Å²) in [7, 11) is 1.60. The van der Waals surface area contributed by atoms with E-state index in [0.29, 0.717) is 12.2 Å². The Morgan fingerprint density at radius 2 is 2.00 bits per heavy atom. The Labute approximate surface area is 108 Å². The van der Waals surface area contributed by atoms with Gasteiger partial charge in [-0.3, -0.25) is 9.89 Å². The van der Waals surface area contributed by atoms with Crippen molar-refractivity contribution in [3.8, 4) is 0 Å². The van der Waals surface area contributed by atoms with Crippen molar-refractivity contribution in [2.75, 3.05) is 12.4 Å². The van der Waals surface area contributed by atoms with Gasteiger partial charge in [0.1, 0.15) is 0 Å². The molecular formula is C13H23N3O2. The van der Waals surface area contributed by atoms with Crippen molar-refractivity contribution in [2.45, 2.75) is 52.1 Å². The molecule has 1 aromatic rings. The number of hydrogen-bond acceptors (Lipinski definition) is 3. The number of hydrogen-bond donors (Lipinski definition) is 2. The average Bonchev–Trinajstić information content (AvgIpc) is 2.64. The summed E-state index contributed by atoms with van der Waals surface area (Å²) in [5.74, 6) is 0.450. The Morgan fingerprint density at radius 1 is 1.39 bits per heavy atom. The molecule has 1 heterocycles. The number of H-pyrrole nitrogens is 1. The van der Waals surface area contributed by atoms with Crippen molar-refractivity contribution in [2.24, 2.45) is 0 Å². The number of nitrogens with zero attached hydrogens (tertiary/aromatic N) is 1. The van der Waals surface area contributed by atoms with Gasteiger partial charge in [-0.25, -0.2) is 0 Å². The van der Waals surface area contributed by atoms with Gasteiger partial charge >= 0.3 is 0 Å². The molecule has 0 spiro atoms. The normalized spacial score (nSPS) is 12.6. The van der Waals surface area contributed by atoms with Crippen molar-refractivity contribution in [1.29, 1.82) is 0 Å². The maximum Gasteiger partial charge on any atom is 0.228 e. The number of carbonyl (C=O) groups is 1. The van der Waals surface area contributed by atoms with E-state index in [1.54, 1.807) is 7.11 Å². The monoisotopic (exact) mass is 253 g/mol. The van der Waals surface area contributed by atoms with Gasteiger partial charge in [0.15, 0.2) is 5.82 Å². The van der Waals surface area contributed by atoms with Crippen molar-refractivity contribution in [1.82, 2.24) is 10.2 Å². The third-order valence-electron chi connectivity index (χ3n) is 2.79. The van der Waals surface area contributed by atoms with E-state index in [0.717, 1.165) is 5.69 Å². The molecule has 5 heteroatoms. The molecule has 0 bridgehead atoms. The summed E-state index contributed by atoms with van der Waals surface area (Å²) >= 11 is 0. The quantitative estimate of drug-likeness (QED) is 0.866. The lowest BCUT2D eigenvalue weighted by Gasteiger charge is -2.21. The number of ether oxygens (including phenoxy) is 1. The Morgan fingerprint density at radius 3 is 2.44 bits per heavy atom. The number of aromatic amines is 1.